The zero-order valence-corrected chi connectivity index (χ0v) is 16.7. The maximum Gasteiger partial charge on any atom is 0.317 e. The molecule has 0 radical (unpaired) electrons. The summed E-state index contributed by atoms with van der Waals surface area (Å²) in [6.45, 7) is 4.61. The largest absolute Gasteiger partial charge is 0.353 e. The van der Waals surface area contributed by atoms with Crippen molar-refractivity contribution in [1.29, 1.82) is 0 Å². The van der Waals surface area contributed by atoms with E-state index in [1.54, 1.807) is 11.1 Å². The smallest absolute Gasteiger partial charge is 0.317 e. The van der Waals surface area contributed by atoms with Crippen LogP contribution in [0.4, 0.5) is 15.7 Å². The molecular formula is C18H25N7O2S. The number of rotatable bonds is 7. The van der Waals surface area contributed by atoms with Gasteiger partial charge in [0, 0.05) is 38.8 Å². The van der Waals surface area contributed by atoms with Crippen LogP contribution in [0.2, 0.25) is 0 Å². The molecule has 3 amide bonds. The molecular weight excluding hydrogens is 378 g/mol. The Labute approximate surface area is 168 Å². The Morgan fingerprint density at radius 2 is 2.00 bits per heavy atom. The monoisotopic (exact) mass is 403 g/mol. The standard InChI is InChI=1S/C18H25N7O2S/c1-2-3-7-16-22-23-17(28-16)21-15(26)13-20-18(27)25-11-9-24(10-12-25)14-6-4-5-8-19-14/h4-6,8H,2-3,7,9-13H2,1H3,(H,20,27)(H,21,23,26). The fourth-order valence-corrected chi connectivity index (χ4v) is 3.64. The average molecular weight is 404 g/mol. The van der Waals surface area contributed by atoms with E-state index in [4.69, 9.17) is 0 Å². The molecule has 10 heteroatoms. The van der Waals surface area contributed by atoms with Crippen molar-refractivity contribution in [2.45, 2.75) is 26.2 Å². The number of nitrogens with one attached hydrogen (secondary N) is 2. The van der Waals surface area contributed by atoms with Gasteiger partial charge in [-0.25, -0.2) is 9.78 Å². The summed E-state index contributed by atoms with van der Waals surface area (Å²) in [5.41, 5.74) is 0. The van der Waals surface area contributed by atoms with Crippen LogP contribution >= 0.6 is 11.3 Å². The number of carbonyl (C=O) groups is 2. The minimum absolute atomic E-state index is 0.0941. The summed E-state index contributed by atoms with van der Waals surface area (Å²) >= 11 is 1.37. The number of anilines is 2. The second-order valence-electron chi connectivity index (χ2n) is 6.47. The van der Waals surface area contributed by atoms with Gasteiger partial charge in [0.25, 0.3) is 0 Å². The van der Waals surface area contributed by atoms with Gasteiger partial charge in [0.05, 0.1) is 6.54 Å². The molecule has 28 heavy (non-hydrogen) atoms. The summed E-state index contributed by atoms with van der Waals surface area (Å²) in [5.74, 6) is 0.607. The second kappa shape index (κ2) is 9.98. The van der Waals surface area contributed by atoms with Gasteiger partial charge in [-0.1, -0.05) is 30.7 Å². The van der Waals surface area contributed by atoms with E-state index in [9.17, 15) is 9.59 Å². The normalized spacial score (nSPS) is 14.0. The number of carbonyl (C=O) groups excluding carboxylic acids is 2. The van der Waals surface area contributed by atoms with Crippen molar-refractivity contribution in [2.24, 2.45) is 0 Å². The highest BCUT2D eigenvalue weighted by Gasteiger charge is 2.22. The lowest BCUT2D eigenvalue weighted by molar-refractivity contribution is -0.115. The van der Waals surface area contributed by atoms with Gasteiger partial charge >= 0.3 is 6.03 Å². The van der Waals surface area contributed by atoms with E-state index in [-0.39, 0.29) is 18.5 Å². The summed E-state index contributed by atoms with van der Waals surface area (Å²) in [6.07, 6.45) is 4.76. The van der Waals surface area contributed by atoms with Gasteiger partial charge in [0.2, 0.25) is 11.0 Å². The second-order valence-corrected chi connectivity index (χ2v) is 7.54. The van der Waals surface area contributed by atoms with E-state index in [1.165, 1.54) is 11.3 Å². The Morgan fingerprint density at radius 3 is 2.71 bits per heavy atom. The Balaban J connectivity index is 1.38. The van der Waals surface area contributed by atoms with Crippen LogP contribution in [0.5, 0.6) is 0 Å². The van der Waals surface area contributed by atoms with Crippen molar-refractivity contribution in [2.75, 3.05) is 42.9 Å². The molecule has 2 N–H and O–H groups in total. The van der Waals surface area contributed by atoms with E-state index in [0.29, 0.717) is 31.3 Å². The first kappa shape index (κ1) is 20.0. The third-order valence-electron chi connectivity index (χ3n) is 4.40. The van der Waals surface area contributed by atoms with Gasteiger partial charge in [-0.3, -0.25) is 10.1 Å². The third-order valence-corrected chi connectivity index (χ3v) is 5.30. The highest BCUT2D eigenvalue weighted by atomic mass is 32.1. The van der Waals surface area contributed by atoms with E-state index >= 15 is 0 Å². The fourth-order valence-electron chi connectivity index (χ4n) is 2.84. The zero-order valence-electron chi connectivity index (χ0n) is 15.9. The number of amides is 3. The highest BCUT2D eigenvalue weighted by molar-refractivity contribution is 7.15. The van der Waals surface area contributed by atoms with Crippen LogP contribution in [-0.2, 0) is 11.2 Å². The predicted octanol–water partition coefficient (Wildman–Crippen LogP) is 1.75. The molecule has 0 aliphatic carbocycles. The molecule has 3 rings (SSSR count). The van der Waals surface area contributed by atoms with Crippen molar-refractivity contribution >= 4 is 34.2 Å². The number of pyridine rings is 1. The summed E-state index contributed by atoms with van der Waals surface area (Å²) in [7, 11) is 0. The Bertz CT molecular complexity index is 775. The molecule has 0 saturated carbocycles. The minimum atomic E-state index is -0.307. The van der Waals surface area contributed by atoms with Gasteiger partial charge in [-0.05, 0) is 18.6 Å². The number of urea groups is 1. The molecule has 0 atom stereocenters. The molecule has 2 aromatic heterocycles. The number of nitrogens with zero attached hydrogens (tertiary/aromatic N) is 5. The fraction of sp³-hybridized carbons (Fsp3) is 0.500. The lowest BCUT2D eigenvalue weighted by Crippen LogP contribution is -2.52. The van der Waals surface area contributed by atoms with Gasteiger partial charge in [-0.15, -0.1) is 10.2 Å². The molecule has 1 aliphatic heterocycles. The van der Waals surface area contributed by atoms with Crippen molar-refractivity contribution < 1.29 is 9.59 Å². The van der Waals surface area contributed by atoms with Crippen LogP contribution in [-0.4, -0.2) is 64.7 Å². The van der Waals surface area contributed by atoms with Crippen molar-refractivity contribution in [3.05, 3.63) is 29.4 Å². The van der Waals surface area contributed by atoms with Crippen molar-refractivity contribution in [3.8, 4) is 0 Å². The molecule has 2 aromatic rings. The molecule has 0 unspecified atom stereocenters. The molecule has 1 saturated heterocycles. The number of piperazine rings is 1. The van der Waals surface area contributed by atoms with Crippen LogP contribution in [0.1, 0.15) is 24.8 Å². The minimum Gasteiger partial charge on any atom is -0.353 e. The SMILES string of the molecule is CCCCc1nnc(NC(=O)CNC(=O)N2CCN(c3ccccn3)CC2)s1. The topological polar surface area (TPSA) is 103 Å². The molecule has 0 aromatic carbocycles. The van der Waals surface area contributed by atoms with Crippen LogP contribution in [0.3, 0.4) is 0 Å². The van der Waals surface area contributed by atoms with Crippen LogP contribution in [0.25, 0.3) is 0 Å². The van der Waals surface area contributed by atoms with E-state index < -0.39 is 0 Å². The number of unbranched alkanes of at least 4 members (excludes halogenated alkanes) is 1. The summed E-state index contributed by atoms with van der Waals surface area (Å²) in [4.78, 5) is 32.5. The third kappa shape index (κ3) is 5.62. The maximum atomic E-state index is 12.3. The number of hydrogen-bond acceptors (Lipinski definition) is 7. The quantitative estimate of drug-likeness (QED) is 0.730. The summed E-state index contributed by atoms with van der Waals surface area (Å²) < 4.78 is 0. The Hall–Kier alpha value is -2.75. The molecule has 0 spiro atoms. The first-order valence-electron chi connectivity index (χ1n) is 9.46. The summed E-state index contributed by atoms with van der Waals surface area (Å²) in [5, 5.41) is 14.7. The Kier molecular flexibility index (Phi) is 7.12. The van der Waals surface area contributed by atoms with Gasteiger partial charge < -0.3 is 15.1 Å². The Morgan fingerprint density at radius 1 is 1.18 bits per heavy atom. The first-order chi connectivity index (χ1) is 13.7. The molecule has 3 heterocycles. The lowest BCUT2D eigenvalue weighted by atomic mass is 10.3. The van der Waals surface area contributed by atoms with Gasteiger partial charge in [0.1, 0.15) is 10.8 Å². The van der Waals surface area contributed by atoms with E-state index in [1.807, 2.05) is 18.2 Å². The van der Waals surface area contributed by atoms with E-state index in [2.05, 4.69) is 37.6 Å². The molecule has 9 nitrogen and oxygen atoms in total. The number of aryl methyl sites for hydroxylation is 1. The predicted molar refractivity (Wildman–Crippen MR) is 109 cm³/mol. The molecule has 0 bridgehead atoms. The van der Waals surface area contributed by atoms with Gasteiger partial charge in [-0.2, -0.15) is 0 Å². The average Bonchev–Trinajstić information content (AvgIpc) is 3.18. The highest BCUT2D eigenvalue weighted by Crippen LogP contribution is 2.17. The van der Waals surface area contributed by atoms with Gasteiger partial charge in [0.15, 0.2) is 0 Å². The van der Waals surface area contributed by atoms with E-state index in [0.717, 1.165) is 30.1 Å². The maximum absolute atomic E-state index is 12.3. The molecule has 1 fully saturated rings. The molecule has 150 valence electrons. The summed E-state index contributed by atoms with van der Waals surface area (Å²) in [6, 6.07) is 5.55. The molecule has 1 aliphatic rings. The number of hydrogen-bond donors (Lipinski definition) is 2. The van der Waals surface area contributed by atoms with Crippen molar-refractivity contribution in [1.82, 2.24) is 25.4 Å². The number of aromatic nitrogens is 3. The van der Waals surface area contributed by atoms with Crippen LogP contribution < -0.4 is 15.5 Å². The lowest BCUT2D eigenvalue weighted by Gasteiger charge is -2.35. The zero-order chi connectivity index (χ0) is 19.8. The first-order valence-corrected chi connectivity index (χ1v) is 10.3. The van der Waals surface area contributed by atoms with Crippen molar-refractivity contribution in [3.63, 3.8) is 0 Å². The van der Waals surface area contributed by atoms with Crippen LogP contribution in [0, 0.1) is 0 Å². The van der Waals surface area contributed by atoms with Crippen LogP contribution in [0.15, 0.2) is 24.4 Å².